The maximum Gasteiger partial charge on any atom is 0.262 e. The number of anilines is 1. The first-order valence-corrected chi connectivity index (χ1v) is 9.97. The second kappa shape index (κ2) is 10.5. The minimum Gasteiger partial charge on any atom is -0.494 e. The number of rotatable bonds is 10. The number of hydrogen-bond donors (Lipinski definition) is 1. The fourth-order valence-corrected chi connectivity index (χ4v) is 3.04. The number of fused-ring (bicyclic) bond motifs is 1. The first kappa shape index (κ1) is 21.4. The normalized spacial score (nSPS) is 10.7. The molecule has 3 aromatic rings. The van der Waals surface area contributed by atoms with Crippen LogP contribution in [0.1, 0.15) is 13.8 Å². The minimum atomic E-state index is -0.291. The highest BCUT2D eigenvalue weighted by Crippen LogP contribution is 2.23. The molecule has 0 saturated heterocycles. The van der Waals surface area contributed by atoms with Crippen LogP contribution in [0.15, 0.2) is 59.5 Å². The van der Waals surface area contributed by atoms with Crippen LogP contribution in [0.5, 0.6) is 11.5 Å². The summed E-state index contributed by atoms with van der Waals surface area (Å²) >= 11 is 0. The van der Waals surface area contributed by atoms with Gasteiger partial charge in [0.05, 0.1) is 18.6 Å². The first-order valence-electron chi connectivity index (χ1n) is 9.97. The monoisotopic (exact) mass is 410 g/mol. The number of nitrogens with zero attached hydrogens (tertiary/aromatic N) is 1. The van der Waals surface area contributed by atoms with Crippen molar-refractivity contribution in [3.63, 3.8) is 0 Å². The third kappa shape index (κ3) is 5.39. The summed E-state index contributed by atoms with van der Waals surface area (Å²) in [7, 11) is 0. The van der Waals surface area contributed by atoms with Crippen molar-refractivity contribution in [1.29, 1.82) is 0 Å². The number of hydrogen-bond acceptors (Lipinski definition) is 5. The van der Waals surface area contributed by atoms with Crippen LogP contribution < -0.4 is 20.3 Å². The summed E-state index contributed by atoms with van der Waals surface area (Å²) in [6.07, 6.45) is 1.72. The van der Waals surface area contributed by atoms with Crippen molar-refractivity contribution in [2.45, 2.75) is 20.4 Å². The van der Waals surface area contributed by atoms with Crippen LogP contribution in [0, 0.1) is 0 Å². The predicted octanol–water partition coefficient (Wildman–Crippen LogP) is 3.45. The third-order valence-electron chi connectivity index (χ3n) is 4.47. The lowest BCUT2D eigenvalue weighted by Gasteiger charge is -2.12. The largest absolute Gasteiger partial charge is 0.494 e. The quantitative estimate of drug-likeness (QED) is 0.518. The highest BCUT2D eigenvalue weighted by molar-refractivity contribution is 5.92. The van der Waals surface area contributed by atoms with Gasteiger partial charge in [-0.2, -0.15) is 0 Å². The van der Waals surface area contributed by atoms with Gasteiger partial charge in [0.15, 0.2) is 6.61 Å². The van der Waals surface area contributed by atoms with Crippen molar-refractivity contribution in [1.82, 2.24) is 4.57 Å². The van der Waals surface area contributed by atoms with Gasteiger partial charge in [-0.3, -0.25) is 9.59 Å². The van der Waals surface area contributed by atoms with Crippen molar-refractivity contribution in [3.8, 4) is 11.5 Å². The summed E-state index contributed by atoms with van der Waals surface area (Å²) in [5, 5.41) is 3.99. The summed E-state index contributed by atoms with van der Waals surface area (Å²) in [6, 6.07) is 14.2. The second-order valence-electron chi connectivity index (χ2n) is 6.52. The van der Waals surface area contributed by atoms with E-state index in [2.05, 4.69) is 5.32 Å². The molecule has 0 saturated carbocycles. The lowest BCUT2D eigenvalue weighted by Crippen LogP contribution is -2.22. The molecule has 3 rings (SSSR count). The summed E-state index contributed by atoms with van der Waals surface area (Å²) in [5.74, 6) is 0.944. The first-order chi connectivity index (χ1) is 14.6. The molecule has 1 amide bonds. The Morgan fingerprint density at radius 2 is 1.77 bits per heavy atom. The van der Waals surface area contributed by atoms with E-state index in [0.29, 0.717) is 48.6 Å². The SMILES string of the molecule is CCOCCn1ccc2c(OCC(=O)Nc3ccc(OCC)cc3)cccc2c1=O. The number of benzene rings is 2. The molecule has 0 spiro atoms. The van der Waals surface area contributed by atoms with Gasteiger partial charge < -0.3 is 24.1 Å². The van der Waals surface area contributed by atoms with E-state index in [1.54, 1.807) is 53.2 Å². The van der Waals surface area contributed by atoms with E-state index in [1.165, 1.54) is 0 Å². The summed E-state index contributed by atoms with van der Waals surface area (Å²) in [6.45, 7) is 5.82. The Kier molecular flexibility index (Phi) is 7.45. The number of ether oxygens (including phenoxy) is 3. The zero-order valence-corrected chi connectivity index (χ0v) is 17.2. The van der Waals surface area contributed by atoms with Crippen LogP contribution in [0.25, 0.3) is 10.8 Å². The average Bonchev–Trinajstić information content (AvgIpc) is 2.75. The zero-order valence-electron chi connectivity index (χ0n) is 17.2. The molecule has 0 aliphatic rings. The van der Waals surface area contributed by atoms with Crippen molar-refractivity contribution in [3.05, 3.63) is 65.1 Å². The van der Waals surface area contributed by atoms with E-state index in [9.17, 15) is 9.59 Å². The van der Waals surface area contributed by atoms with E-state index in [-0.39, 0.29) is 18.1 Å². The van der Waals surface area contributed by atoms with Gasteiger partial charge in [-0.05, 0) is 56.3 Å². The molecule has 1 heterocycles. The molecule has 0 atom stereocenters. The number of amides is 1. The molecule has 1 aromatic heterocycles. The number of pyridine rings is 1. The van der Waals surface area contributed by atoms with E-state index in [4.69, 9.17) is 14.2 Å². The molecule has 0 aliphatic heterocycles. The number of aromatic nitrogens is 1. The Morgan fingerprint density at radius 1 is 0.967 bits per heavy atom. The highest BCUT2D eigenvalue weighted by Gasteiger charge is 2.10. The molecule has 30 heavy (non-hydrogen) atoms. The number of nitrogens with one attached hydrogen (secondary N) is 1. The van der Waals surface area contributed by atoms with Crippen LogP contribution in [-0.4, -0.2) is 36.9 Å². The number of carbonyl (C=O) groups is 1. The molecule has 0 aliphatic carbocycles. The van der Waals surface area contributed by atoms with Gasteiger partial charge in [-0.15, -0.1) is 0 Å². The molecule has 2 aromatic carbocycles. The van der Waals surface area contributed by atoms with Crippen LogP contribution in [-0.2, 0) is 16.1 Å². The Morgan fingerprint density at radius 3 is 2.50 bits per heavy atom. The van der Waals surface area contributed by atoms with Crippen LogP contribution in [0.2, 0.25) is 0 Å². The molecular formula is C23H26N2O5. The van der Waals surface area contributed by atoms with Gasteiger partial charge in [-0.1, -0.05) is 6.07 Å². The van der Waals surface area contributed by atoms with Crippen molar-refractivity contribution < 1.29 is 19.0 Å². The molecule has 1 N–H and O–H groups in total. The lowest BCUT2D eigenvalue weighted by atomic mass is 10.1. The topological polar surface area (TPSA) is 78.8 Å². The molecule has 0 bridgehead atoms. The van der Waals surface area contributed by atoms with Crippen molar-refractivity contribution >= 4 is 22.4 Å². The molecule has 7 heteroatoms. The minimum absolute atomic E-state index is 0.114. The Balaban J connectivity index is 1.66. The fourth-order valence-electron chi connectivity index (χ4n) is 3.04. The summed E-state index contributed by atoms with van der Waals surface area (Å²) in [4.78, 5) is 24.9. The van der Waals surface area contributed by atoms with Gasteiger partial charge in [0, 0.05) is 30.4 Å². The maximum atomic E-state index is 12.7. The molecule has 0 radical (unpaired) electrons. The van der Waals surface area contributed by atoms with E-state index in [1.807, 2.05) is 19.9 Å². The van der Waals surface area contributed by atoms with Crippen molar-refractivity contribution in [2.75, 3.05) is 31.7 Å². The summed E-state index contributed by atoms with van der Waals surface area (Å²) in [5.41, 5.74) is 0.540. The van der Waals surface area contributed by atoms with Gasteiger partial charge in [0.2, 0.25) is 0 Å². The average molecular weight is 410 g/mol. The van der Waals surface area contributed by atoms with Crippen LogP contribution in [0.4, 0.5) is 5.69 Å². The smallest absolute Gasteiger partial charge is 0.262 e. The van der Waals surface area contributed by atoms with Crippen LogP contribution >= 0.6 is 0 Å². The highest BCUT2D eigenvalue weighted by atomic mass is 16.5. The Labute approximate surface area is 175 Å². The Hall–Kier alpha value is -3.32. The van der Waals surface area contributed by atoms with Gasteiger partial charge in [0.25, 0.3) is 11.5 Å². The predicted molar refractivity (Wildman–Crippen MR) is 116 cm³/mol. The van der Waals surface area contributed by atoms with E-state index >= 15 is 0 Å². The van der Waals surface area contributed by atoms with Gasteiger partial charge in [-0.25, -0.2) is 0 Å². The summed E-state index contributed by atoms with van der Waals surface area (Å²) < 4.78 is 18.0. The zero-order chi connectivity index (χ0) is 21.3. The molecule has 0 unspecified atom stereocenters. The molecule has 0 fully saturated rings. The third-order valence-corrected chi connectivity index (χ3v) is 4.47. The lowest BCUT2D eigenvalue weighted by molar-refractivity contribution is -0.118. The van der Waals surface area contributed by atoms with Crippen molar-refractivity contribution in [2.24, 2.45) is 0 Å². The van der Waals surface area contributed by atoms with E-state index < -0.39 is 0 Å². The Bertz CT molecular complexity index is 1040. The second-order valence-corrected chi connectivity index (χ2v) is 6.52. The standard InChI is InChI=1S/C23H26N2O5/c1-3-28-15-14-25-13-12-19-20(23(25)27)6-5-7-21(19)30-16-22(26)24-17-8-10-18(11-9-17)29-4-2/h5-13H,3-4,14-16H2,1-2H3,(H,24,26). The molecule has 158 valence electrons. The van der Waals surface area contributed by atoms with E-state index in [0.717, 1.165) is 5.75 Å². The van der Waals surface area contributed by atoms with Gasteiger partial charge >= 0.3 is 0 Å². The molecular weight excluding hydrogens is 384 g/mol. The fraction of sp³-hybridized carbons (Fsp3) is 0.304. The molecule has 7 nitrogen and oxygen atoms in total. The maximum absolute atomic E-state index is 12.7. The number of carbonyl (C=O) groups excluding carboxylic acids is 1. The van der Waals surface area contributed by atoms with Crippen LogP contribution in [0.3, 0.4) is 0 Å². The van der Waals surface area contributed by atoms with Gasteiger partial charge in [0.1, 0.15) is 11.5 Å².